The van der Waals surface area contributed by atoms with Gasteiger partial charge in [0.05, 0.1) is 72.7 Å². The number of benzene rings is 1. The van der Waals surface area contributed by atoms with Gasteiger partial charge in [0, 0.05) is 107 Å². The monoisotopic (exact) mass is 930 g/mol. The molecule has 7 aromatic rings. The maximum absolute atomic E-state index is 16.2. The van der Waals surface area contributed by atoms with Gasteiger partial charge in [-0.3, -0.25) is 39.2 Å². The first kappa shape index (κ1) is 43.0. The summed E-state index contributed by atoms with van der Waals surface area (Å²) in [6.45, 7) is 6.95. The van der Waals surface area contributed by atoms with Crippen LogP contribution in [0.15, 0.2) is 79.6 Å². The molecule has 2 atom stereocenters. The van der Waals surface area contributed by atoms with Crippen molar-refractivity contribution >= 4 is 45.7 Å². The molecule has 4 saturated heterocycles. The highest BCUT2D eigenvalue weighted by Gasteiger charge is 2.39. The van der Waals surface area contributed by atoms with Crippen LogP contribution >= 0.6 is 0 Å². The van der Waals surface area contributed by atoms with Crippen LogP contribution < -0.4 is 20.0 Å². The highest BCUT2D eigenvalue weighted by molar-refractivity contribution is 6.09. The van der Waals surface area contributed by atoms with Gasteiger partial charge in [0.2, 0.25) is 5.91 Å². The van der Waals surface area contributed by atoms with Crippen molar-refractivity contribution in [1.29, 1.82) is 5.26 Å². The van der Waals surface area contributed by atoms with Gasteiger partial charge >= 0.3 is 6.03 Å². The number of morpholine rings is 1. The molecular formula is C49H51FN16O3. The van der Waals surface area contributed by atoms with Gasteiger partial charge in [-0.15, -0.1) is 0 Å². The van der Waals surface area contributed by atoms with Crippen LogP contribution in [0, 0.1) is 17.1 Å². The number of ether oxygens (including phenoxy) is 1. The Kier molecular flexibility index (Phi) is 11.0. The SMILES string of the molecule is Cn1nc(N2CCC(=O)NC2=O)c2ccc(N3CCN(C4CCC(n5cc(-c6cn7ncc(C#N)c7c(-c7ccc(N8CC9COCC(C8)N9Cc8ccccn8)nc7)n6)cn5)CC4)CC3)c(F)c21. The maximum Gasteiger partial charge on any atom is 0.329 e. The quantitative estimate of drug-likeness (QED) is 0.208. The third-order valence-electron chi connectivity index (χ3n) is 14.8. The van der Waals surface area contributed by atoms with Crippen molar-refractivity contribution in [2.45, 2.75) is 62.8 Å². The lowest BCUT2D eigenvalue weighted by molar-refractivity contribution is -0.120. The number of rotatable bonds is 9. The minimum atomic E-state index is -0.546. The van der Waals surface area contributed by atoms with Gasteiger partial charge in [-0.25, -0.2) is 23.7 Å². The van der Waals surface area contributed by atoms with E-state index in [2.05, 4.69) is 63.1 Å². The average Bonchev–Trinajstić information content (AvgIpc) is 4.12. The molecule has 19 nitrogen and oxygen atoms in total. The molecule has 3 amide bonds. The average molecular weight is 931 g/mol. The zero-order valence-corrected chi connectivity index (χ0v) is 38.2. The summed E-state index contributed by atoms with van der Waals surface area (Å²) in [5, 5.41) is 26.8. The second kappa shape index (κ2) is 17.6. The second-order valence-corrected chi connectivity index (χ2v) is 18.8. The smallest absolute Gasteiger partial charge is 0.329 e. The molecular weight excluding hydrogens is 880 g/mol. The fraction of sp³-hybridized carbons (Fsp3) is 0.408. The second-order valence-electron chi connectivity index (χ2n) is 18.8. The van der Waals surface area contributed by atoms with E-state index in [9.17, 15) is 14.9 Å². The number of piperazine rings is 2. The lowest BCUT2D eigenvalue weighted by Gasteiger charge is -2.50. The van der Waals surface area contributed by atoms with Crippen molar-refractivity contribution in [2.24, 2.45) is 7.05 Å². The van der Waals surface area contributed by atoms with Crippen molar-refractivity contribution in [1.82, 2.24) is 59.2 Å². The predicted octanol–water partition coefficient (Wildman–Crippen LogP) is 4.79. The first-order valence-electron chi connectivity index (χ1n) is 23.8. The van der Waals surface area contributed by atoms with Crippen LogP contribution in [-0.2, 0) is 23.1 Å². The molecule has 5 fully saturated rings. The number of pyridine rings is 2. The van der Waals surface area contributed by atoms with Crippen molar-refractivity contribution in [3.63, 3.8) is 0 Å². The molecule has 0 radical (unpaired) electrons. The Balaban J connectivity index is 0.696. The van der Waals surface area contributed by atoms with Crippen molar-refractivity contribution in [2.75, 3.05) is 73.7 Å². The molecule has 1 N–H and O–H groups in total. The minimum absolute atomic E-state index is 0.164. The number of imide groups is 1. The van der Waals surface area contributed by atoms with Gasteiger partial charge in [-0.05, 0) is 62.1 Å². The molecule has 5 aliphatic rings. The fourth-order valence-electron chi connectivity index (χ4n) is 11.2. The Morgan fingerprint density at radius 3 is 2.38 bits per heavy atom. The molecule has 10 heterocycles. The van der Waals surface area contributed by atoms with Crippen LogP contribution in [-0.4, -0.2) is 143 Å². The Morgan fingerprint density at radius 1 is 0.826 bits per heavy atom. The number of anilines is 3. The number of nitriles is 1. The van der Waals surface area contributed by atoms with Gasteiger partial charge in [0.25, 0.3) is 0 Å². The molecule has 2 unspecified atom stereocenters. The molecule has 6 aromatic heterocycles. The summed E-state index contributed by atoms with van der Waals surface area (Å²) in [5.74, 6) is 0.549. The van der Waals surface area contributed by atoms with E-state index < -0.39 is 6.03 Å². The van der Waals surface area contributed by atoms with Crippen molar-refractivity contribution in [3.8, 4) is 28.6 Å². The van der Waals surface area contributed by atoms with E-state index in [0.29, 0.717) is 77.2 Å². The fourth-order valence-corrected chi connectivity index (χ4v) is 11.2. The third-order valence-corrected chi connectivity index (χ3v) is 14.8. The van der Waals surface area contributed by atoms with Crippen LogP contribution in [0.4, 0.5) is 26.5 Å². The molecule has 352 valence electrons. The number of aryl methyl sites for hydroxylation is 1. The molecule has 69 heavy (non-hydrogen) atoms. The normalized spacial score (nSPS) is 22.7. The number of urea groups is 1. The van der Waals surface area contributed by atoms with Crippen molar-refractivity contribution < 1.29 is 18.7 Å². The number of hydrogen-bond acceptors (Lipinski definition) is 14. The molecule has 4 aliphatic heterocycles. The standard InChI is InChI=1S/C49H51FN16O3/c1-59-47-39(48(58-59)63-15-13-43(67)57-49(63)68)10-11-41(44(47)50)61-18-16-60(17-19-61)35-6-8-36(9-7-35)65-24-33(23-54-65)40-28-66-46(32(20-51)22-55-66)45(56-40)31-5-12-42(53-21-31)62-26-37-29-69-30-38(27-62)64(37)25-34-4-2-3-14-52-34/h2-5,10-12,14,21-24,28,35-38H,6-9,13,15-19,25-27,29-30H2,1H3,(H,57,67,68). The van der Waals surface area contributed by atoms with Crippen molar-refractivity contribution in [3.05, 3.63) is 96.7 Å². The maximum atomic E-state index is 16.2. The molecule has 20 heteroatoms. The van der Waals surface area contributed by atoms with Gasteiger partial charge in [-0.1, -0.05) is 6.07 Å². The summed E-state index contributed by atoms with van der Waals surface area (Å²) in [7, 11) is 1.68. The van der Waals surface area contributed by atoms with E-state index in [1.54, 1.807) is 23.8 Å². The summed E-state index contributed by atoms with van der Waals surface area (Å²) < 4.78 is 27.5. The number of aromatic nitrogens is 9. The number of carbonyl (C=O) groups excluding carboxylic acids is 2. The van der Waals surface area contributed by atoms with Crippen LogP contribution in [0.25, 0.3) is 38.9 Å². The van der Waals surface area contributed by atoms with Crippen LogP contribution in [0.2, 0.25) is 0 Å². The Labute approximate surface area is 396 Å². The largest absolute Gasteiger partial charge is 0.378 e. The zero-order valence-electron chi connectivity index (χ0n) is 38.2. The number of amides is 3. The van der Waals surface area contributed by atoms with E-state index in [-0.39, 0.29) is 42.8 Å². The summed E-state index contributed by atoms with van der Waals surface area (Å²) in [5.41, 5.74) is 6.00. The van der Waals surface area contributed by atoms with E-state index in [1.165, 1.54) is 9.58 Å². The minimum Gasteiger partial charge on any atom is -0.378 e. The number of nitrogens with zero attached hydrogens (tertiary/aromatic N) is 15. The number of carbonyl (C=O) groups is 2. The van der Waals surface area contributed by atoms with E-state index in [0.717, 1.165) is 81.0 Å². The van der Waals surface area contributed by atoms with Gasteiger partial charge < -0.3 is 14.5 Å². The molecule has 1 aliphatic carbocycles. The number of fused-ring (bicyclic) bond motifs is 4. The lowest BCUT2D eigenvalue weighted by Crippen LogP contribution is -2.64. The number of hydrogen-bond donors (Lipinski definition) is 1. The summed E-state index contributed by atoms with van der Waals surface area (Å²) in [6, 6.07) is 16.6. The van der Waals surface area contributed by atoms with Gasteiger partial charge in [0.1, 0.15) is 28.5 Å². The summed E-state index contributed by atoms with van der Waals surface area (Å²) in [6.07, 6.45) is 15.3. The van der Waals surface area contributed by atoms with E-state index in [4.69, 9.17) is 19.8 Å². The zero-order chi connectivity index (χ0) is 46.8. The molecule has 2 bridgehead atoms. The summed E-state index contributed by atoms with van der Waals surface area (Å²) >= 11 is 0. The molecule has 12 rings (SSSR count). The number of nitrogens with one attached hydrogen (secondary N) is 1. The highest BCUT2D eigenvalue weighted by atomic mass is 19.1. The first-order chi connectivity index (χ1) is 33.8. The number of halogens is 1. The Hall–Kier alpha value is -7.34. The first-order valence-corrected chi connectivity index (χ1v) is 23.8. The van der Waals surface area contributed by atoms with Crippen LogP contribution in [0.5, 0.6) is 0 Å². The highest BCUT2D eigenvalue weighted by Crippen LogP contribution is 2.37. The van der Waals surface area contributed by atoms with E-state index >= 15 is 4.39 Å². The molecule has 1 saturated carbocycles. The predicted molar refractivity (Wildman–Crippen MR) is 254 cm³/mol. The lowest BCUT2D eigenvalue weighted by atomic mass is 9.90. The van der Waals surface area contributed by atoms with Crippen LogP contribution in [0.1, 0.15) is 49.4 Å². The van der Waals surface area contributed by atoms with Crippen LogP contribution in [0.3, 0.4) is 0 Å². The molecule has 0 spiro atoms. The van der Waals surface area contributed by atoms with Gasteiger partial charge in [0.15, 0.2) is 11.6 Å². The summed E-state index contributed by atoms with van der Waals surface area (Å²) in [4.78, 5) is 49.9. The van der Waals surface area contributed by atoms with E-state index in [1.807, 2.05) is 55.1 Å². The van der Waals surface area contributed by atoms with Gasteiger partial charge in [-0.2, -0.15) is 20.6 Å². The Morgan fingerprint density at radius 2 is 1.64 bits per heavy atom. The topological polar surface area (TPSA) is 187 Å². The molecule has 1 aromatic carbocycles. The third kappa shape index (κ3) is 7.89. The Bertz CT molecular complexity index is 3100.